The van der Waals surface area contributed by atoms with Gasteiger partial charge in [0.15, 0.2) is 10.6 Å². The van der Waals surface area contributed by atoms with Gasteiger partial charge in [-0.1, -0.05) is 48.5 Å². The minimum Gasteiger partial charge on any atom is -0.303 e. The molecule has 2 aromatic heterocycles. The summed E-state index contributed by atoms with van der Waals surface area (Å²) in [5.41, 5.74) is 3.96. The summed E-state index contributed by atoms with van der Waals surface area (Å²) in [6.07, 6.45) is 0. The first kappa shape index (κ1) is 13.8. The first-order valence-electron chi connectivity index (χ1n) is 7.31. The fourth-order valence-corrected chi connectivity index (χ4v) is 2.84. The van der Waals surface area contributed by atoms with E-state index in [9.17, 15) is 0 Å². The van der Waals surface area contributed by atoms with Crippen molar-refractivity contribution in [2.75, 3.05) is 0 Å². The van der Waals surface area contributed by atoms with Crippen LogP contribution >= 0.6 is 12.2 Å². The molecule has 2 heterocycles. The molecule has 4 rings (SSSR count). The molecule has 0 aliphatic heterocycles. The minimum absolute atomic E-state index is 0.599. The standard InChI is InChI=1S/C18H14N4S/c1-22-17(20-21-18(22)23)14-11-16(12-7-3-2-4-8-12)19-15-10-6-5-9-13(14)15/h2-11H,1H3,(H,21,23). The second kappa shape index (κ2) is 5.44. The number of pyridine rings is 1. The monoisotopic (exact) mass is 318 g/mol. The molecule has 112 valence electrons. The number of nitrogens with zero attached hydrogens (tertiary/aromatic N) is 3. The van der Waals surface area contributed by atoms with E-state index in [-0.39, 0.29) is 0 Å². The Kier molecular flexibility index (Phi) is 3.28. The molecule has 0 bridgehead atoms. The fraction of sp³-hybridized carbons (Fsp3) is 0.0556. The van der Waals surface area contributed by atoms with Crippen molar-refractivity contribution >= 4 is 23.1 Å². The van der Waals surface area contributed by atoms with E-state index in [1.807, 2.05) is 48.0 Å². The molecule has 0 saturated heterocycles. The van der Waals surface area contributed by atoms with Crippen LogP contribution < -0.4 is 0 Å². The number of para-hydroxylation sites is 1. The van der Waals surface area contributed by atoms with Crippen LogP contribution in [-0.2, 0) is 7.05 Å². The molecule has 23 heavy (non-hydrogen) atoms. The Morgan fingerprint density at radius 3 is 2.48 bits per heavy atom. The third-order valence-electron chi connectivity index (χ3n) is 3.91. The largest absolute Gasteiger partial charge is 0.303 e. The molecule has 2 aromatic carbocycles. The Bertz CT molecular complexity index is 1050. The van der Waals surface area contributed by atoms with Crippen molar-refractivity contribution in [1.29, 1.82) is 0 Å². The summed E-state index contributed by atoms with van der Waals surface area (Å²) in [6, 6.07) is 20.3. The predicted octanol–water partition coefficient (Wildman–Crippen LogP) is 4.36. The summed E-state index contributed by atoms with van der Waals surface area (Å²) in [7, 11) is 1.92. The third-order valence-corrected chi connectivity index (χ3v) is 4.27. The van der Waals surface area contributed by atoms with Crippen LogP contribution in [0.15, 0.2) is 60.7 Å². The molecule has 0 aliphatic carbocycles. The van der Waals surface area contributed by atoms with Crippen LogP contribution in [0.3, 0.4) is 0 Å². The van der Waals surface area contributed by atoms with E-state index in [0.717, 1.165) is 33.5 Å². The lowest BCUT2D eigenvalue weighted by Gasteiger charge is -2.09. The van der Waals surface area contributed by atoms with Gasteiger partial charge in [-0.05, 0) is 24.4 Å². The Hall–Kier alpha value is -2.79. The molecule has 1 N–H and O–H groups in total. The Morgan fingerprint density at radius 1 is 1.00 bits per heavy atom. The van der Waals surface area contributed by atoms with Crippen LogP contribution in [0.25, 0.3) is 33.5 Å². The molecule has 0 fully saturated rings. The molecule has 0 spiro atoms. The van der Waals surface area contributed by atoms with Crippen LogP contribution in [0.4, 0.5) is 0 Å². The maximum absolute atomic E-state index is 5.25. The number of hydrogen-bond acceptors (Lipinski definition) is 3. The smallest absolute Gasteiger partial charge is 0.195 e. The van der Waals surface area contributed by atoms with Gasteiger partial charge < -0.3 is 4.57 Å². The lowest BCUT2D eigenvalue weighted by molar-refractivity contribution is 0.902. The third kappa shape index (κ3) is 2.35. The van der Waals surface area contributed by atoms with Crippen LogP contribution in [0.2, 0.25) is 0 Å². The number of rotatable bonds is 2. The van der Waals surface area contributed by atoms with E-state index < -0.39 is 0 Å². The van der Waals surface area contributed by atoms with Crippen LogP contribution in [-0.4, -0.2) is 19.7 Å². The molecule has 0 saturated carbocycles. The Morgan fingerprint density at radius 2 is 1.74 bits per heavy atom. The summed E-state index contributed by atoms with van der Waals surface area (Å²) in [5, 5.41) is 8.30. The highest BCUT2D eigenvalue weighted by Crippen LogP contribution is 2.30. The predicted molar refractivity (Wildman–Crippen MR) is 94.6 cm³/mol. The van der Waals surface area contributed by atoms with Gasteiger partial charge in [0.05, 0.1) is 11.2 Å². The molecular weight excluding hydrogens is 304 g/mol. The molecule has 0 radical (unpaired) electrons. The average molecular weight is 318 g/mol. The van der Waals surface area contributed by atoms with Crippen molar-refractivity contribution < 1.29 is 0 Å². The van der Waals surface area contributed by atoms with Gasteiger partial charge in [0.2, 0.25) is 0 Å². The zero-order valence-corrected chi connectivity index (χ0v) is 13.3. The van der Waals surface area contributed by atoms with Crippen molar-refractivity contribution in [3.05, 3.63) is 65.4 Å². The zero-order valence-electron chi connectivity index (χ0n) is 12.5. The van der Waals surface area contributed by atoms with Crippen LogP contribution in [0.1, 0.15) is 0 Å². The molecular formula is C18H14N4S. The van der Waals surface area contributed by atoms with Crippen molar-refractivity contribution in [2.24, 2.45) is 7.05 Å². The van der Waals surface area contributed by atoms with Gasteiger partial charge in [0.25, 0.3) is 0 Å². The van der Waals surface area contributed by atoms with Crippen LogP contribution in [0.5, 0.6) is 0 Å². The second-order valence-electron chi connectivity index (χ2n) is 5.35. The topological polar surface area (TPSA) is 46.5 Å². The van der Waals surface area contributed by atoms with Crippen molar-refractivity contribution in [3.63, 3.8) is 0 Å². The molecule has 0 amide bonds. The first-order valence-corrected chi connectivity index (χ1v) is 7.72. The maximum Gasteiger partial charge on any atom is 0.195 e. The zero-order chi connectivity index (χ0) is 15.8. The van der Waals surface area contributed by atoms with Gasteiger partial charge in [-0.3, -0.25) is 5.10 Å². The molecule has 0 unspecified atom stereocenters. The van der Waals surface area contributed by atoms with E-state index in [1.54, 1.807) is 0 Å². The number of benzene rings is 2. The van der Waals surface area contributed by atoms with E-state index in [0.29, 0.717) is 4.77 Å². The SMILES string of the molecule is Cn1c(-c2cc(-c3ccccc3)nc3ccccc23)n[nH]c1=S. The second-order valence-corrected chi connectivity index (χ2v) is 5.74. The van der Waals surface area contributed by atoms with Gasteiger partial charge in [-0.25, -0.2) is 4.98 Å². The van der Waals surface area contributed by atoms with Crippen molar-refractivity contribution in [2.45, 2.75) is 0 Å². The van der Waals surface area contributed by atoms with Crippen molar-refractivity contribution in [1.82, 2.24) is 19.7 Å². The average Bonchev–Trinajstić information content (AvgIpc) is 2.94. The number of aromatic amines is 1. The molecule has 4 aromatic rings. The summed E-state index contributed by atoms with van der Waals surface area (Å²) in [6.45, 7) is 0. The van der Waals surface area contributed by atoms with Gasteiger partial charge in [-0.15, -0.1) is 0 Å². The summed E-state index contributed by atoms with van der Waals surface area (Å²) in [5.74, 6) is 0.811. The van der Waals surface area contributed by atoms with E-state index in [1.165, 1.54) is 0 Å². The minimum atomic E-state index is 0.599. The highest BCUT2D eigenvalue weighted by atomic mass is 32.1. The number of H-pyrrole nitrogens is 1. The molecule has 0 aliphatic rings. The number of nitrogens with one attached hydrogen (secondary N) is 1. The Labute approximate surface area is 138 Å². The van der Waals surface area contributed by atoms with Gasteiger partial charge in [0, 0.05) is 23.6 Å². The molecule has 5 heteroatoms. The molecule has 4 nitrogen and oxygen atoms in total. The highest BCUT2D eigenvalue weighted by molar-refractivity contribution is 7.71. The number of fused-ring (bicyclic) bond motifs is 1. The van der Waals surface area contributed by atoms with Gasteiger partial charge in [0.1, 0.15) is 0 Å². The number of aromatic nitrogens is 4. The van der Waals surface area contributed by atoms with Gasteiger partial charge >= 0.3 is 0 Å². The van der Waals surface area contributed by atoms with E-state index in [4.69, 9.17) is 17.2 Å². The lowest BCUT2D eigenvalue weighted by atomic mass is 10.0. The fourth-order valence-electron chi connectivity index (χ4n) is 2.71. The van der Waals surface area contributed by atoms with Crippen molar-refractivity contribution in [3.8, 4) is 22.6 Å². The first-order chi connectivity index (χ1) is 11.2. The number of hydrogen-bond donors (Lipinski definition) is 1. The summed E-state index contributed by atoms with van der Waals surface area (Å²) in [4.78, 5) is 4.79. The quantitative estimate of drug-likeness (QED) is 0.559. The van der Waals surface area contributed by atoms with Crippen LogP contribution in [0, 0.1) is 4.77 Å². The highest BCUT2D eigenvalue weighted by Gasteiger charge is 2.13. The summed E-state index contributed by atoms with van der Waals surface area (Å²) >= 11 is 5.25. The molecule has 0 atom stereocenters. The summed E-state index contributed by atoms with van der Waals surface area (Å²) < 4.78 is 2.48. The Balaban J connectivity index is 2.06. The maximum atomic E-state index is 5.25. The normalized spacial score (nSPS) is 11.0. The lowest BCUT2D eigenvalue weighted by Crippen LogP contribution is -1.96. The van der Waals surface area contributed by atoms with Gasteiger partial charge in [-0.2, -0.15) is 5.10 Å². The van der Waals surface area contributed by atoms with E-state index in [2.05, 4.69) is 34.5 Å². The van der Waals surface area contributed by atoms with E-state index >= 15 is 0 Å².